The van der Waals surface area contributed by atoms with Gasteiger partial charge in [-0.25, -0.2) is 0 Å². The van der Waals surface area contributed by atoms with E-state index in [1.54, 1.807) is 12.4 Å². The third kappa shape index (κ3) is 4.22. The maximum absolute atomic E-state index is 8.53. The van der Waals surface area contributed by atoms with Gasteiger partial charge in [0.25, 0.3) is 0 Å². The molecular weight excluding hydrogens is 206 g/mol. The fourth-order valence-electron chi connectivity index (χ4n) is 1.45. The Hall–Kier alpha value is -1.04. The topological polar surface area (TPSA) is 67.3 Å². The molecule has 0 saturated carbocycles. The Bertz CT molecular complexity index is 307. The summed E-state index contributed by atoms with van der Waals surface area (Å²) in [5.41, 5.74) is 1.91. The molecule has 0 aliphatic rings. The lowest BCUT2D eigenvalue weighted by atomic mass is 10.2. The second-order valence-corrected chi connectivity index (χ2v) is 3.54. The van der Waals surface area contributed by atoms with Gasteiger partial charge in [-0.15, -0.1) is 0 Å². The Labute approximate surface area is 95.9 Å². The zero-order valence-corrected chi connectivity index (χ0v) is 9.81. The largest absolute Gasteiger partial charge is 0.394 e. The standard InChI is InChI=1S/C11H19N3O2/c1-9-11(14-4-3-12-9)10(2)13-5-7-16-8-6-15/h3-4,10,13,15H,5-8H2,1-2H3. The average molecular weight is 225 g/mol. The van der Waals surface area contributed by atoms with Crippen LogP contribution in [0.1, 0.15) is 24.4 Å². The third-order valence-corrected chi connectivity index (χ3v) is 2.26. The van der Waals surface area contributed by atoms with Gasteiger partial charge in [-0.2, -0.15) is 0 Å². The summed E-state index contributed by atoms with van der Waals surface area (Å²) in [4.78, 5) is 8.48. The van der Waals surface area contributed by atoms with Crippen molar-refractivity contribution in [2.45, 2.75) is 19.9 Å². The first-order valence-corrected chi connectivity index (χ1v) is 5.45. The molecule has 1 unspecified atom stereocenters. The molecule has 90 valence electrons. The van der Waals surface area contributed by atoms with E-state index in [1.807, 2.05) is 13.8 Å². The Morgan fingerprint density at radius 1 is 1.38 bits per heavy atom. The first-order valence-electron chi connectivity index (χ1n) is 5.45. The van der Waals surface area contributed by atoms with Crippen molar-refractivity contribution in [3.05, 3.63) is 23.8 Å². The maximum atomic E-state index is 8.53. The maximum Gasteiger partial charge on any atom is 0.0782 e. The first-order chi connectivity index (χ1) is 7.75. The van der Waals surface area contributed by atoms with Gasteiger partial charge in [0, 0.05) is 25.0 Å². The molecule has 1 aromatic heterocycles. The van der Waals surface area contributed by atoms with Crippen LogP contribution in [0.15, 0.2) is 12.4 Å². The second kappa shape index (κ2) is 7.27. The Morgan fingerprint density at radius 2 is 2.12 bits per heavy atom. The number of aliphatic hydroxyl groups excluding tert-OH is 1. The first kappa shape index (κ1) is 13.0. The molecule has 0 radical (unpaired) electrons. The van der Waals surface area contributed by atoms with Crippen molar-refractivity contribution in [2.24, 2.45) is 0 Å². The van der Waals surface area contributed by atoms with Crippen molar-refractivity contribution in [3.63, 3.8) is 0 Å². The minimum absolute atomic E-state index is 0.0683. The summed E-state index contributed by atoms with van der Waals surface area (Å²) in [6, 6.07) is 0.159. The lowest BCUT2D eigenvalue weighted by Gasteiger charge is -2.14. The molecule has 5 nitrogen and oxygen atoms in total. The van der Waals surface area contributed by atoms with E-state index < -0.39 is 0 Å². The summed E-state index contributed by atoms with van der Waals surface area (Å²) in [6.45, 7) is 5.77. The lowest BCUT2D eigenvalue weighted by Crippen LogP contribution is -2.25. The van der Waals surface area contributed by atoms with E-state index in [4.69, 9.17) is 9.84 Å². The highest BCUT2D eigenvalue weighted by Crippen LogP contribution is 2.10. The van der Waals surface area contributed by atoms with Crippen LogP contribution in [0.25, 0.3) is 0 Å². The number of aromatic nitrogens is 2. The van der Waals surface area contributed by atoms with E-state index in [1.165, 1.54) is 0 Å². The molecule has 1 heterocycles. The molecule has 0 amide bonds. The fourth-order valence-corrected chi connectivity index (χ4v) is 1.45. The molecular formula is C11H19N3O2. The van der Waals surface area contributed by atoms with Crippen LogP contribution in [0.4, 0.5) is 0 Å². The molecule has 0 saturated heterocycles. The highest BCUT2D eigenvalue weighted by Gasteiger charge is 2.08. The molecule has 0 aromatic carbocycles. The molecule has 16 heavy (non-hydrogen) atoms. The number of ether oxygens (including phenoxy) is 1. The normalized spacial score (nSPS) is 12.7. The predicted octanol–water partition coefficient (Wildman–Crippen LogP) is 0.445. The summed E-state index contributed by atoms with van der Waals surface area (Å²) in [7, 11) is 0. The van der Waals surface area contributed by atoms with E-state index in [0.29, 0.717) is 13.2 Å². The Kier molecular flexibility index (Phi) is 5.92. The number of rotatable bonds is 7. The quantitative estimate of drug-likeness (QED) is 0.659. The van der Waals surface area contributed by atoms with Crippen molar-refractivity contribution >= 4 is 0 Å². The smallest absolute Gasteiger partial charge is 0.0782 e. The molecule has 1 atom stereocenters. The van der Waals surface area contributed by atoms with Crippen LogP contribution in [0.2, 0.25) is 0 Å². The van der Waals surface area contributed by atoms with Crippen LogP contribution in [-0.4, -0.2) is 41.4 Å². The van der Waals surface area contributed by atoms with E-state index in [0.717, 1.165) is 17.9 Å². The Balaban J connectivity index is 2.30. The molecule has 0 aliphatic heterocycles. The van der Waals surface area contributed by atoms with Gasteiger partial charge in [0.1, 0.15) is 0 Å². The van der Waals surface area contributed by atoms with Crippen LogP contribution in [0, 0.1) is 6.92 Å². The number of aryl methyl sites for hydroxylation is 1. The van der Waals surface area contributed by atoms with Gasteiger partial charge >= 0.3 is 0 Å². The summed E-state index contributed by atoms with van der Waals surface area (Å²) in [6.07, 6.45) is 3.39. The van der Waals surface area contributed by atoms with E-state index in [2.05, 4.69) is 15.3 Å². The van der Waals surface area contributed by atoms with E-state index in [9.17, 15) is 0 Å². The molecule has 0 fully saturated rings. The van der Waals surface area contributed by atoms with Crippen molar-refractivity contribution in [3.8, 4) is 0 Å². The molecule has 5 heteroatoms. The average Bonchev–Trinajstić information content (AvgIpc) is 2.29. The zero-order valence-electron chi connectivity index (χ0n) is 9.81. The highest BCUT2D eigenvalue weighted by molar-refractivity contribution is 5.12. The van der Waals surface area contributed by atoms with Crippen LogP contribution >= 0.6 is 0 Å². The van der Waals surface area contributed by atoms with Crippen LogP contribution in [0.5, 0.6) is 0 Å². The van der Waals surface area contributed by atoms with Gasteiger partial charge in [0.05, 0.1) is 31.2 Å². The van der Waals surface area contributed by atoms with Gasteiger partial charge in [0.15, 0.2) is 0 Å². The SMILES string of the molecule is Cc1nccnc1C(C)NCCOCCO. The minimum atomic E-state index is 0.0683. The van der Waals surface area contributed by atoms with Crippen molar-refractivity contribution < 1.29 is 9.84 Å². The van der Waals surface area contributed by atoms with E-state index in [-0.39, 0.29) is 12.6 Å². The number of aliphatic hydroxyl groups is 1. The molecule has 0 bridgehead atoms. The number of nitrogens with one attached hydrogen (secondary N) is 1. The van der Waals surface area contributed by atoms with Crippen LogP contribution < -0.4 is 5.32 Å². The number of nitrogens with zero attached hydrogens (tertiary/aromatic N) is 2. The lowest BCUT2D eigenvalue weighted by molar-refractivity contribution is 0.0928. The summed E-state index contributed by atoms with van der Waals surface area (Å²) >= 11 is 0. The van der Waals surface area contributed by atoms with Crippen molar-refractivity contribution in [1.29, 1.82) is 0 Å². The monoisotopic (exact) mass is 225 g/mol. The highest BCUT2D eigenvalue weighted by atomic mass is 16.5. The van der Waals surface area contributed by atoms with Gasteiger partial charge in [-0.1, -0.05) is 0 Å². The van der Waals surface area contributed by atoms with Crippen LogP contribution in [0.3, 0.4) is 0 Å². The third-order valence-electron chi connectivity index (χ3n) is 2.26. The molecule has 1 rings (SSSR count). The van der Waals surface area contributed by atoms with Gasteiger partial charge in [-0.3, -0.25) is 9.97 Å². The van der Waals surface area contributed by atoms with Gasteiger partial charge < -0.3 is 15.2 Å². The molecule has 0 aliphatic carbocycles. The molecule has 2 N–H and O–H groups in total. The minimum Gasteiger partial charge on any atom is -0.394 e. The van der Waals surface area contributed by atoms with Crippen molar-refractivity contribution in [1.82, 2.24) is 15.3 Å². The van der Waals surface area contributed by atoms with E-state index >= 15 is 0 Å². The fraction of sp³-hybridized carbons (Fsp3) is 0.636. The number of hydrogen-bond donors (Lipinski definition) is 2. The predicted molar refractivity (Wildman–Crippen MR) is 61.1 cm³/mol. The summed E-state index contributed by atoms with van der Waals surface area (Å²) in [5.74, 6) is 0. The molecule has 1 aromatic rings. The molecule has 0 spiro atoms. The van der Waals surface area contributed by atoms with Crippen molar-refractivity contribution in [2.75, 3.05) is 26.4 Å². The number of hydrogen-bond acceptors (Lipinski definition) is 5. The zero-order chi connectivity index (χ0) is 11.8. The summed E-state index contributed by atoms with van der Waals surface area (Å²) < 4.78 is 5.15. The van der Waals surface area contributed by atoms with Gasteiger partial charge in [0.2, 0.25) is 0 Å². The summed E-state index contributed by atoms with van der Waals surface area (Å²) in [5, 5.41) is 11.8. The second-order valence-electron chi connectivity index (χ2n) is 3.54. The van der Waals surface area contributed by atoms with Crippen LogP contribution in [-0.2, 0) is 4.74 Å². The Morgan fingerprint density at radius 3 is 2.81 bits per heavy atom. The van der Waals surface area contributed by atoms with Gasteiger partial charge in [-0.05, 0) is 13.8 Å².